The summed E-state index contributed by atoms with van der Waals surface area (Å²) in [5.41, 5.74) is 1.73. The van der Waals surface area contributed by atoms with Crippen LogP contribution in [0, 0.1) is 5.92 Å². The van der Waals surface area contributed by atoms with Gasteiger partial charge in [0, 0.05) is 26.4 Å². The van der Waals surface area contributed by atoms with Crippen LogP contribution in [0.4, 0.5) is 4.79 Å². The van der Waals surface area contributed by atoms with Crippen LogP contribution < -0.4 is 5.32 Å². The van der Waals surface area contributed by atoms with Crippen molar-refractivity contribution in [2.75, 3.05) is 19.8 Å². The second-order valence-electron chi connectivity index (χ2n) is 6.58. The van der Waals surface area contributed by atoms with Crippen LogP contribution in [-0.2, 0) is 22.1 Å². The Bertz CT molecular complexity index is 620. The molecule has 2 rings (SSSR count). The monoisotopic (exact) mass is 338 g/mol. The molecule has 1 aromatic carbocycles. The molecule has 1 fully saturated rings. The van der Waals surface area contributed by atoms with Crippen LogP contribution in [0.15, 0.2) is 24.3 Å². The Morgan fingerprint density at radius 1 is 1.17 bits per heavy atom. The summed E-state index contributed by atoms with van der Waals surface area (Å²) >= 11 is 0. The minimum absolute atomic E-state index is 0.0454. The first-order valence-electron chi connectivity index (χ1n) is 8.08. The summed E-state index contributed by atoms with van der Waals surface area (Å²) in [4.78, 5) is 13.9. The third kappa shape index (κ3) is 6.22. The SMILES string of the molecule is CN(CC1CCCC1)C(=O)NCc1ccc(CS(C)(=O)=O)cc1. The fourth-order valence-corrected chi connectivity index (χ4v) is 3.83. The molecule has 23 heavy (non-hydrogen) atoms. The van der Waals surface area contributed by atoms with Gasteiger partial charge in [-0.05, 0) is 29.9 Å². The quantitative estimate of drug-likeness (QED) is 0.867. The molecule has 0 radical (unpaired) electrons. The molecule has 1 aromatic rings. The maximum Gasteiger partial charge on any atom is 0.317 e. The zero-order chi connectivity index (χ0) is 16.9. The third-order valence-electron chi connectivity index (χ3n) is 4.25. The standard InChI is InChI=1S/C17H26N2O3S/c1-19(12-15-5-3-4-6-15)17(20)18-11-14-7-9-16(10-8-14)13-23(2,21)22/h7-10,15H,3-6,11-13H2,1-2H3,(H,18,20). The van der Waals surface area contributed by atoms with Gasteiger partial charge in [0.2, 0.25) is 0 Å². The molecule has 1 aliphatic carbocycles. The molecule has 0 bridgehead atoms. The predicted molar refractivity (Wildman–Crippen MR) is 91.8 cm³/mol. The second kappa shape index (κ2) is 7.81. The van der Waals surface area contributed by atoms with E-state index in [1.54, 1.807) is 17.0 Å². The van der Waals surface area contributed by atoms with Crippen molar-refractivity contribution < 1.29 is 13.2 Å². The predicted octanol–water partition coefficient (Wildman–Crippen LogP) is 2.56. The van der Waals surface area contributed by atoms with Crippen molar-refractivity contribution in [2.24, 2.45) is 5.92 Å². The summed E-state index contributed by atoms with van der Waals surface area (Å²) in [6.45, 7) is 1.27. The summed E-state index contributed by atoms with van der Waals surface area (Å²) in [7, 11) is -1.18. The molecule has 0 spiro atoms. The van der Waals surface area contributed by atoms with E-state index in [4.69, 9.17) is 0 Å². The summed E-state index contributed by atoms with van der Waals surface area (Å²) in [6.07, 6.45) is 6.22. The first-order chi connectivity index (χ1) is 10.8. The topological polar surface area (TPSA) is 66.5 Å². The van der Waals surface area contributed by atoms with Crippen LogP contribution in [-0.4, -0.2) is 39.2 Å². The van der Waals surface area contributed by atoms with Crippen molar-refractivity contribution in [2.45, 2.75) is 38.0 Å². The van der Waals surface area contributed by atoms with Gasteiger partial charge in [-0.15, -0.1) is 0 Å². The first kappa shape index (κ1) is 17.8. The third-order valence-corrected chi connectivity index (χ3v) is 5.11. The molecule has 2 amide bonds. The zero-order valence-corrected chi connectivity index (χ0v) is 14.7. The fraction of sp³-hybridized carbons (Fsp3) is 0.588. The van der Waals surface area contributed by atoms with Gasteiger partial charge in [-0.1, -0.05) is 37.1 Å². The molecule has 0 aromatic heterocycles. The lowest BCUT2D eigenvalue weighted by atomic mass is 10.1. The molecule has 128 valence electrons. The number of hydrogen-bond donors (Lipinski definition) is 1. The highest BCUT2D eigenvalue weighted by Crippen LogP contribution is 2.25. The molecule has 0 heterocycles. The van der Waals surface area contributed by atoms with Gasteiger partial charge < -0.3 is 10.2 Å². The number of nitrogens with zero attached hydrogens (tertiary/aromatic N) is 1. The molecule has 1 saturated carbocycles. The lowest BCUT2D eigenvalue weighted by Gasteiger charge is -2.21. The van der Waals surface area contributed by atoms with E-state index in [2.05, 4.69) is 5.32 Å². The van der Waals surface area contributed by atoms with E-state index in [0.29, 0.717) is 12.5 Å². The van der Waals surface area contributed by atoms with Gasteiger partial charge in [0.25, 0.3) is 0 Å². The van der Waals surface area contributed by atoms with E-state index < -0.39 is 9.84 Å². The van der Waals surface area contributed by atoms with E-state index in [1.165, 1.54) is 31.9 Å². The maximum absolute atomic E-state index is 12.1. The molecule has 5 nitrogen and oxygen atoms in total. The molecule has 1 N–H and O–H groups in total. The Morgan fingerprint density at radius 2 is 1.74 bits per heavy atom. The highest BCUT2D eigenvalue weighted by molar-refractivity contribution is 7.89. The number of urea groups is 1. The van der Waals surface area contributed by atoms with Crippen LogP contribution in [0.5, 0.6) is 0 Å². The van der Waals surface area contributed by atoms with Crippen LogP contribution in [0.1, 0.15) is 36.8 Å². The number of sulfone groups is 1. The Hall–Kier alpha value is -1.56. The van der Waals surface area contributed by atoms with Crippen molar-refractivity contribution in [1.82, 2.24) is 10.2 Å². The number of carbonyl (C=O) groups is 1. The van der Waals surface area contributed by atoms with Crippen molar-refractivity contribution in [1.29, 1.82) is 0 Å². The summed E-state index contributed by atoms with van der Waals surface area (Å²) in [5.74, 6) is 0.685. The summed E-state index contributed by atoms with van der Waals surface area (Å²) in [5, 5.41) is 2.91. The summed E-state index contributed by atoms with van der Waals surface area (Å²) < 4.78 is 22.5. The molecule has 1 aliphatic rings. The second-order valence-corrected chi connectivity index (χ2v) is 8.72. The van der Waals surface area contributed by atoms with Gasteiger partial charge in [0.1, 0.15) is 0 Å². The van der Waals surface area contributed by atoms with Crippen molar-refractivity contribution >= 4 is 15.9 Å². The number of benzene rings is 1. The van der Waals surface area contributed by atoms with E-state index in [9.17, 15) is 13.2 Å². The number of carbonyl (C=O) groups excluding carboxylic acids is 1. The lowest BCUT2D eigenvalue weighted by Crippen LogP contribution is -2.39. The van der Waals surface area contributed by atoms with Crippen LogP contribution in [0.25, 0.3) is 0 Å². The smallest absolute Gasteiger partial charge is 0.317 e. The van der Waals surface area contributed by atoms with Crippen LogP contribution in [0.3, 0.4) is 0 Å². The largest absolute Gasteiger partial charge is 0.334 e. The lowest BCUT2D eigenvalue weighted by molar-refractivity contribution is 0.200. The van der Waals surface area contributed by atoms with Gasteiger partial charge in [-0.3, -0.25) is 0 Å². The normalized spacial score (nSPS) is 15.6. The van der Waals surface area contributed by atoms with E-state index in [0.717, 1.165) is 17.7 Å². The average Bonchev–Trinajstić information content (AvgIpc) is 2.97. The number of hydrogen-bond acceptors (Lipinski definition) is 3. The first-order valence-corrected chi connectivity index (χ1v) is 10.1. The van der Waals surface area contributed by atoms with Crippen LogP contribution >= 0.6 is 0 Å². The Morgan fingerprint density at radius 3 is 2.30 bits per heavy atom. The van der Waals surface area contributed by atoms with Gasteiger partial charge in [-0.25, -0.2) is 13.2 Å². The van der Waals surface area contributed by atoms with Gasteiger partial charge in [0.05, 0.1) is 5.75 Å². The summed E-state index contributed by atoms with van der Waals surface area (Å²) in [6, 6.07) is 7.25. The Kier molecular flexibility index (Phi) is 6.04. The number of nitrogens with one attached hydrogen (secondary N) is 1. The van der Waals surface area contributed by atoms with Gasteiger partial charge >= 0.3 is 6.03 Å². The fourth-order valence-electron chi connectivity index (χ4n) is 3.03. The van der Waals surface area contributed by atoms with Gasteiger partial charge in [-0.2, -0.15) is 0 Å². The molecule has 0 aliphatic heterocycles. The molecule has 0 unspecified atom stereocenters. The number of amides is 2. The highest BCUT2D eigenvalue weighted by Gasteiger charge is 2.19. The van der Waals surface area contributed by atoms with E-state index >= 15 is 0 Å². The van der Waals surface area contributed by atoms with Crippen LogP contribution in [0.2, 0.25) is 0 Å². The molecule has 6 heteroatoms. The maximum atomic E-state index is 12.1. The van der Waals surface area contributed by atoms with Crippen molar-refractivity contribution in [3.63, 3.8) is 0 Å². The van der Waals surface area contributed by atoms with Crippen molar-refractivity contribution in [3.05, 3.63) is 35.4 Å². The van der Waals surface area contributed by atoms with Gasteiger partial charge in [0.15, 0.2) is 9.84 Å². The number of rotatable bonds is 6. The minimum Gasteiger partial charge on any atom is -0.334 e. The molecular formula is C17H26N2O3S. The Balaban J connectivity index is 1.79. The Labute approximate surface area is 139 Å². The highest BCUT2D eigenvalue weighted by atomic mass is 32.2. The van der Waals surface area contributed by atoms with Crippen molar-refractivity contribution in [3.8, 4) is 0 Å². The molecule has 0 saturated heterocycles. The zero-order valence-electron chi connectivity index (χ0n) is 13.9. The average molecular weight is 338 g/mol. The van der Waals surface area contributed by atoms with E-state index in [-0.39, 0.29) is 11.8 Å². The molecule has 0 atom stereocenters. The minimum atomic E-state index is -3.02. The van der Waals surface area contributed by atoms with E-state index in [1.807, 2.05) is 19.2 Å². The molecular weight excluding hydrogens is 312 g/mol.